The van der Waals surface area contributed by atoms with E-state index in [-0.39, 0.29) is 5.41 Å². The number of ether oxygens (including phenoxy) is 2. The van der Waals surface area contributed by atoms with Crippen LogP contribution in [0.4, 0.5) is 0 Å². The highest BCUT2D eigenvalue weighted by Crippen LogP contribution is 2.25. The van der Waals surface area contributed by atoms with Crippen molar-refractivity contribution in [3.05, 3.63) is 35.4 Å². The van der Waals surface area contributed by atoms with Crippen LogP contribution in [0.1, 0.15) is 57.1 Å². The Morgan fingerprint density at radius 2 is 1.97 bits per heavy atom. The van der Waals surface area contributed by atoms with E-state index in [1.807, 2.05) is 7.05 Å². The number of likely N-dealkylation sites (tertiary alicyclic amines) is 1. The highest BCUT2D eigenvalue weighted by molar-refractivity contribution is 5.80. The van der Waals surface area contributed by atoms with Gasteiger partial charge in [-0.1, -0.05) is 38.1 Å². The van der Waals surface area contributed by atoms with Gasteiger partial charge in [0.2, 0.25) is 0 Å². The second-order valence-electron chi connectivity index (χ2n) is 9.11. The molecule has 1 N–H and O–H groups in total. The van der Waals surface area contributed by atoms with Crippen LogP contribution < -0.4 is 5.32 Å². The number of nitrogens with one attached hydrogen (secondary N) is 1. The fourth-order valence-electron chi connectivity index (χ4n) is 4.48. The molecule has 2 fully saturated rings. The second kappa shape index (κ2) is 10.4. The topological polar surface area (TPSA) is 46.1 Å². The molecule has 29 heavy (non-hydrogen) atoms. The van der Waals surface area contributed by atoms with Gasteiger partial charge in [0, 0.05) is 38.7 Å². The highest BCUT2D eigenvalue weighted by atomic mass is 16.5. The van der Waals surface area contributed by atoms with Crippen molar-refractivity contribution in [2.75, 3.05) is 39.9 Å². The van der Waals surface area contributed by atoms with E-state index in [0.717, 1.165) is 58.1 Å². The van der Waals surface area contributed by atoms with Crippen LogP contribution in [0, 0.1) is 6.92 Å². The van der Waals surface area contributed by atoms with Crippen LogP contribution in [-0.4, -0.2) is 63.0 Å². The van der Waals surface area contributed by atoms with Crippen molar-refractivity contribution in [2.45, 2.75) is 70.5 Å². The molecule has 2 aliphatic heterocycles. The lowest BCUT2D eigenvalue weighted by atomic mass is 9.82. The van der Waals surface area contributed by atoms with E-state index in [2.05, 4.69) is 60.2 Å². The molecular weight excluding hydrogens is 362 g/mol. The van der Waals surface area contributed by atoms with Gasteiger partial charge >= 0.3 is 0 Å². The van der Waals surface area contributed by atoms with E-state index in [1.54, 1.807) is 0 Å². The zero-order valence-electron chi connectivity index (χ0n) is 18.7. The third kappa shape index (κ3) is 6.19. The zero-order valence-corrected chi connectivity index (χ0v) is 18.7. The summed E-state index contributed by atoms with van der Waals surface area (Å²) in [7, 11) is 1.88. The molecule has 0 bridgehead atoms. The maximum absolute atomic E-state index is 6.16. The lowest BCUT2D eigenvalue weighted by Crippen LogP contribution is -2.49. The first-order chi connectivity index (χ1) is 14.0. The van der Waals surface area contributed by atoms with Crippen LogP contribution in [0.25, 0.3) is 0 Å². The molecule has 3 rings (SSSR count). The minimum Gasteiger partial charge on any atom is -0.376 e. The maximum Gasteiger partial charge on any atom is 0.193 e. The Bertz CT molecular complexity index is 660. The summed E-state index contributed by atoms with van der Waals surface area (Å²) in [6, 6.07) is 8.66. The summed E-state index contributed by atoms with van der Waals surface area (Å²) in [6.07, 6.45) is 6.36. The molecule has 0 spiro atoms. The van der Waals surface area contributed by atoms with Crippen LogP contribution in [0.15, 0.2) is 29.3 Å². The van der Waals surface area contributed by atoms with Crippen LogP contribution in [0.5, 0.6) is 0 Å². The van der Waals surface area contributed by atoms with Crippen molar-refractivity contribution in [3.8, 4) is 0 Å². The standard InChI is InChI=1S/C24H39N3O2/c1-19-9-5-6-11-22(19)24(2,3)18-26-23(25-4)27-14-12-20(13-15-27)29-17-21-10-7-8-16-28-21/h5-6,9,11,20-21H,7-8,10,12-18H2,1-4H3,(H,25,26). The van der Waals surface area contributed by atoms with Gasteiger partial charge in [0.1, 0.15) is 0 Å². The van der Waals surface area contributed by atoms with Crippen molar-refractivity contribution in [1.82, 2.24) is 10.2 Å². The Morgan fingerprint density at radius 3 is 2.62 bits per heavy atom. The molecule has 0 aliphatic carbocycles. The number of piperidine rings is 1. The van der Waals surface area contributed by atoms with Crippen LogP contribution in [0.3, 0.4) is 0 Å². The van der Waals surface area contributed by atoms with Gasteiger partial charge in [-0.2, -0.15) is 0 Å². The fraction of sp³-hybridized carbons (Fsp3) is 0.708. The summed E-state index contributed by atoms with van der Waals surface area (Å²) in [4.78, 5) is 6.91. The molecule has 0 saturated carbocycles. The molecule has 5 nitrogen and oxygen atoms in total. The van der Waals surface area contributed by atoms with E-state index in [1.165, 1.54) is 24.0 Å². The molecule has 1 aromatic carbocycles. The van der Waals surface area contributed by atoms with Crippen LogP contribution >= 0.6 is 0 Å². The lowest BCUT2D eigenvalue weighted by molar-refractivity contribution is -0.0721. The number of nitrogens with zero attached hydrogens (tertiary/aromatic N) is 2. The summed E-state index contributed by atoms with van der Waals surface area (Å²) < 4.78 is 11.9. The quantitative estimate of drug-likeness (QED) is 0.580. The Balaban J connectivity index is 1.44. The fourth-order valence-corrected chi connectivity index (χ4v) is 4.48. The monoisotopic (exact) mass is 401 g/mol. The van der Waals surface area contributed by atoms with Gasteiger partial charge in [-0.15, -0.1) is 0 Å². The molecule has 162 valence electrons. The molecule has 2 heterocycles. The Labute approximate surface area is 176 Å². The van der Waals surface area contributed by atoms with Crippen molar-refractivity contribution in [3.63, 3.8) is 0 Å². The van der Waals surface area contributed by atoms with Gasteiger partial charge in [-0.05, 0) is 50.2 Å². The summed E-state index contributed by atoms with van der Waals surface area (Å²) in [6.45, 7) is 11.3. The Hall–Kier alpha value is -1.59. The van der Waals surface area contributed by atoms with E-state index < -0.39 is 0 Å². The molecule has 1 unspecified atom stereocenters. The summed E-state index contributed by atoms with van der Waals surface area (Å²) >= 11 is 0. The number of benzene rings is 1. The smallest absolute Gasteiger partial charge is 0.193 e. The van der Waals surface area contributed by atoms with Crippen molar-refractivity contribution in [2.24, 2.45) is 4.99 Å². The highest BCUT2D eigenvalue weighted by Gasteiger charge is 2.26. The number of rotatable bonds is 6. The molecule has 2 saturated heterocycles. The first kappa shape index (κ1) is 22.1. The van der Waals surface area contributed by atoms with Crippen LogP contribution in [-0.2, 0) is 14.9 Å². The molecule has 0 radical (unpaired) electrons. The second-order valence-corrected chi connectivity index (χ2v) is 9.11. The lowest BCUT2D eigenvalue weighted by Gasteiger charge is -2.36. The SMILES string of the molecule is CN=C(NCC(C)(C)c1ccccc1C)N1CCC(OCC2CCCCO2)CC1. The molecule has 0 aromatic heterocycles. The third-order valence-corrected chi connectivity index (χ3v) is 6.31. The Kier molecular flexibility index (Phi) is 7.96. The van der Waals surface area contributed by atoms with Gasteiger partial charge in [-0.3, -0.25) is 4.99 Å². The average Bonchev–Trinajstić information content (AvgIpc) is 2.74. The number of aliphatic imine (C=N–C) groups is 1. The minimum atomic E-state index is 0.0444. The number of hydrogen-bond acceptors (Lipinski definition) is 3. The van der Waals surface area contributed by atoms with E-state index in [9.17, 15) is 0 Å². The normalized spacial score (nSPS) is 22.0. The molecule has 0 amide bonds. The average molecular weight is 402 g/mol. The molecular formula is C24H39N3O2. The minimum absolute atomic E-state index is 0.0444. The number of guanidine groups is 1. The molecule has 5 heteroatoms. The summed E-state index contributed by atoms with van der Waals surface area (Å²) in [5.74, 6) is 1.00. The maximum atomic E-state index is 6.16. The van der Waals surface area contributed by atoms with Gasteiger partial charge < -0.3 is 19.7 Å². The van der Waals surface area contributed by atoms with Gasteiger partial charge in [-0.25, -0.2) is 0 Å². The van der Waals surface area contributed by atoms with Crippen molar-refractivity contribution >= 4 is 5.96 Å². The first-order valence-electron chi connectivity index (χ1n) is 11.2. The third-order valence-electron chi connectivity index (χ3n) is 6.31. The zero-order chi connectivity index (χ0) is 20.7. The van der Waals surface area contributed by atoms with E-state index in [4.69, 9.17) is 9.47 Å². The summed E-state index contributed by atoms with van der Waals surface area (Å²) in [5, 5.41) is 3.62. The number of hydrogen-bond donors (Lipinski definition) is 1. The number of aryl methyl sites for hydroxylation is 1. The van der Waals surface area contributed by atoms with Gasteiger partial charge in [0.15, 0.2) is 5.96 Å². The largest absolute Gasteiger partial charge is 0.376 e. The Morgan fingerprint density at radius 1 is 1.21 bits per heavy atom. The van der Waals surface area contributed by atoms with E-state index in [0.29, 0.717) is 12.2 Å². The first-order valence-corrected chi connectivity index (χ1v) is 11.2. The van der Waals surface area contributed by atoms with Crippen molar-refractivity contribution < 1.29 is 9.47 Å². The molecule has 1 atom stereocenters. The van der Waals surface area contributed by atoms with Gasteiger partial charge in [0.05, 0.1) is 18.8 Å². The summed E-state index contributed by atoms with van der Waals surface area (Å²) in [5.41, 5.74) is 2.78. The molecule has 1 aromatic rings. The van der Waals surface area contributed by atoms with Gasteiger partial charge in [0.25, 0.3) is 0 Å². The van der Waals surface area contributed by atoms with E-state index >= 15 is 0 Å². The molecule has 2 aliphatic rings. The predicted octanol–water partition coefficient (Wildman–Crippen LogP) is 3.90. The predicted molar refractivity (Wildman–Crippen MR) is 120 cm³/mol. The van der Waals surface area contributed by atoms with Crippen LogP contribution in [0.2, 0.25) is 0 Å². The van der Waals surface area contributed by atoms with Crippen molar-refractivity contribution in [1.29, 1.82) is 0 Å².